The highest BCUT2D eigenvalue weighted by atomic mass is 35.5. The second kappa shape index (κ2) is 26.7. The summed E-state index contributed by atoms with van der Waals surface area (Å²) in [5, 5.41) is 38.8. The van der Waals surface area contributed by atoms with Crippen molar-refractivity contribution in [3.63, 3.8) is 0 Å². The Bertz CT molecular complexity index is 3440. The smallest absolute Gasteiger partial charge is 0.319 e. The molecule has 4 amide bonds. The lowest BCUT2D eigenvalue weighted by Crippen LogP contribution is -2.58. The number of nitriles is 1. The van der Waals surface area contributed by atoms with Crippen LogP contribution in [0.25, 0.3) is 43.2 Å². The Morgan fingerprint density at radius 2 is 1.73 bits per heavy atom. The van der Waals surface area contributed by atoms with Crippen LogP contribution in [0.5, 0.6) is 11.8 Å². The van der Waals surface area contributed by atoms with E-state index in [1.165, 1.54) is 17.0 Å². The van der Waals surface area contributed by atoms with Gasteiger partial charge in [0.15, 0.2) is 5.82 Å². The Balaban J connectivity index is 0.771. The van der Waals surface area contributed by atoms with Gasteiger partial charge in [-0.3, -0.25) is 24.1 Å². The van der Waals surface area contributed by atoms with Gasteiger partial charge in [-0.1, -0.05) is 87.5 Å². The number of fused-ring (bicyclic) bond motifs is 2. The molecule has 5 heterocycles. The van der Waals surface area contributed by atoms with E-state index in [4.69, 9.17) is 30.8 Å². The molecule has 2 aromatic heterocycles. The fourth-order valence-electron chi connectivity index (χ4n) is 11.4. The maximum Gasteiger partial charge on any atom is 0.319 e. The topological polar surface area (TPSA) is 236 Å². The van der Waals surface area contributed by atoms with Gasteiger partial charge in [0.1, 0.15) is 41.9 Å². The average molecular weight is 1190 g/mol. The van der Waals surface area contributed by atoms with Crippen molar-refractivity contribution in [1.29, 1.82) is 5.26 Å². The number of aliphatic hydroxyl groups excluding tert-OH is 1. The summed E-state index contributed by atoms with van der Waals surface area (Å²) in [5.74, 6) is -2.13. The van der Waals surface area contributed by atoms with E-state index in [0.717, 1.165) is 21.7 Å². The molecule has 19 nitrogen and oxygen atoms in total. The van der Waals surface area contributed by atoms with Crippen LogP contribution >= 0.6 is 22.9 Å². The number of aromatic hydroxyl groups is 1. The normalized spacial score (nSPS) is 19.0. The molecular formula is C62H72ClFN10O9S. The zero-order valence-corrected chi connectivity index (χ0v) is 49.7. The number of benzene rings is 4. The van der Waals surface area contributed by atoms with Gasteiger partial charge < -0.3 is 49.8 Å². The van der Waals surface area contributed by atoms with E-state index in [2.05, 4.69) is 38.1 Å². The number of piperazine rings is 1. The minimum atomic E-state index is -1.01. The van der Waals surface area contributed by atoms with E-state index in [1.807, 2.05) is 100 Å². The summed E-state index contributed by atoms with van der Waals surface area (Å²) < 4.78 is 35.6. The molecule has 9 rings (SSSR count). The standard InChI is InChI=1S/C62H72ClFN10O9S/c1-8-52(78)73-24-23-72(32-42(73)17-20-65)58-48-30-49(63)53(47-28-43(75)27-41-11-9-10-12-46(41)47)54(64)55(48)69-61(70-58)83-36(2)31-71-21-18-45(19-22-71)82-26-25-81-34-51(77)68-57(62(5,6)7)60(80)74-33-44(76)29-50(74)59(79)67-37(3)39-13-15-40(16-14-39)56-38(4)66-35-84-56/h8-16,27-28,30,35-37,42,44-45,50,57,75-76H,1,17-19,21-26,29,31-34H2,2-7H3,(H,67,79)(H,68,77)/t36-,37+,42+,44-,50+,57-/m1/s1. The molecule has 84 heavy (non-hydrogen) atoms. The Kier molecular flexibility index (Phi) is 19.5. The maximum atomic E-state index is 17.3. The fraction of sp³-hybridized carbons (Fsp3) is 0.452. The largest absolute Gasteiger partial charge is 0.508 e. The number of rotatable bonds is 20. The van der Waals surface area contributed by atoms with Crippen LogP contribution in [0.4, 0.5) is 10.2 Å². The van der Waals surface area contributed by atoms with Crippen molar-refractivity contribution < 1.29 is 48.0 Å². The number of phenols is 1. The van der Waals surface area contributed by atoms with Crippen LogP contribution in [0, 0.1) is 29.5 Å². The number of hydrogen-bond donors (Lipinski definition) is 4. The Morgan fingerprint density at radius 1 is 0.976 bits per heavy atom. The van der Waals surface area contributed by atoms with Gasteiger partial charge in [0.2, 0.25) is 23.6 Å². The third kappa shape index (κ3) is 14.1. The number of aliphatic hydroxyl groups is 1. The van der Waals surface area contributed by atoms with E-state index >= 15 is 4.39 Å². The summed E-state index contributed by atoms with van der Waals surface area (Å²) in [5.41, 5.74) is 4.30. The molecular weight excluding hydrogens is 1120 g/mol. The minimum Gasteiger partial charge on any atom is -0.508 e. The van der Waals surface area contributed by atoms with E-state index in [-0.39, 0.29) is 98.2 Å². The van der Waals surface area contributed by atoms with Gasteiger partial charge in [-0.15, -0.1) is 11.3 Å². The summed E-state index contributed by atoms with van der Waals surface area (Å²) in [7, 11) is 0. The first-order chi connectivity index (χ1) is 40.2. The number of anilines is 1. The lowest BCUT2D eigenvalue weighted by atomic mass is 9.85. The number of likely N-dealkylation sites (tertiary alicyclic amines) is 2. The molecule has 3 saturated heterocycles. The third-order valence-electron chi connectivity index (χ3n) is 15.8. The highest BCUT2D eigenvalue weighted by Gasteiger charge is 2.45. The summed E-state index contributed by atoms with van der Waals surface area (Å²) in [6.45, 7) is 17.5. The van der Waals surface area contributed by atoms with Crippen molar-refractivity contribution in [2.75, 3.05) is 70.5 Å². The van der Waals surface area contributed by atoms with Crippen LogP contribution < -0.4 is 20.3 Å². The van der Waals surface area contributed by atoms with Crippen LogP contribution in [-0.4, -0.2) is 166 Å². The van der Waals surface area contributed by atoms with Gasteiger partial charge in [-0.25, -0.2) is 9.37 Å². The Morgan fingerprint density at radius 3 is 2.43 bits per heavy atom. The molecule has 22 heteroatoms. The van der Waals surface area contributed by atoms with Crippen molar-refractivity contribution in [3.05, 3.63) is 107 Å². The van der Waals surface area contributed by atoms with Crippen LogP contribution in [0.1, 0.15) is 77.6 Å². The number of β-amino-alcohol motifs (C(OH)–C–C–N with tert-alkyl or cyclic N) is 1. The number of thiazole rings is 1. The number of halogens is 2. The van der Waals surface area contributed by atoms with Gasteiger partial charge >= 0.3 is 6.01 Å². The first kappa shape index (κ1) is 61.2. The SMILES string of the molecule is C=CC(=O)N1CCN(c2nc(O[C@H](C)CN3CCC(OCCOCC(=O)N[C@H](C(=O)N4C[C@H](O)C[C@H]4C(=O)N[C@@H](C)c4ccc(-c5scnc5C)cc4)C(C)(C)C)CC3)nc3c(F)c(-c4cc(O)cc5ccccc45)c(Cl)cc23)C[C@@H]1CC#N. The number of hydrogen-bond acceptors (Lipinski definition) is 16. The van der Waals surface area contributed by atoms with Gasteiger partial charge in [-0.2, -0.15) is 15.2 Å². The van der Waals surface area contributed by atoms with Crippen molar-refractivity contribution in [3.8, 4) is 39.4 Å². The van der Waals surface area contributed by atoms with Gasteiger partial charge in [0.25, 0.3) is 0 Å². The number of nitrogens with zero attached hydrogens (tertiary/aromatic N) is 8. The summed E-state index contributed by atoms with van der Waals surface area (Å²) >= 11 is 8.53. The molecule has 0 radical (unpaired) electrons. The Labute approximate surface area is 497 Å². The molecule has 3 aliphatic rings. The molecule has 0 bridgehead atoms. The number of ether oxygens (including phenoxy) is 3. The monoisotopic (exact) mass is 1190 g/mol. The van der Waals surface area contributed by atoms with Gasteiger partial charge in [0.05, 0.1) is 71.1 Å². The lowest BCUT2D eigenvalue weighted by Gasteiger charge is -2.41. The second-order valence-corrected chi connectivity index (χ2v) is 24.2. The predicted octanol–water partition coefficient (Wildman–Crippen LogP) is 8.13. The number of carbonyl (C=O) groups excluding carboxylic acids is 4. The number of aryl methyl sites for hydroxylation is 1. The second-order valence-electron chi connectivity index (χ2n) is 22.9. The molecule has 0 saturated carbocycles. The van der Waals surface area contributed by atoms with Crippen molar-refractivity contribution in [1.82, 2.24) is 40.3 Å². The molecule has 4 N–H and O–H groups in total. The number of piperidine rings is 1. The molecule has 3 fully saturated rings. The first-order valence-electron chi connectivity index (χ1n) is 28.3. The maximum absolute atomic E-state index is 17.3. The zero-order valence-electron chi connectivity index (χ0n) is 48.1. The number of amides is 4. The van der Waals surface area contributed by atoms with Crippen LogP contribution in [0.3, 0.4) is 0 Å². The molecule has 3 aliphatic heterocycles. The summed E-state index contributed by atoms with van der Waals surface area (Å²) in [6.07, 6.45) is 1.34. The van der Waals surface area contributed by atoms with E-state index in [1.54, 1.807) is 28.4 Å². The van der Waals surface area contributed by atoms with E-state index < -0.39 is 59.3 Å². The molecule has 6 atom stereocenters. The van der Waals surface area contributed by atoms with Gasteiger partial charge in [-0.05, 0) is 90.8 Å². The van der Waals surface area contributed by atoms with Crippen molar-refractivity contribution in [2.24, 2.45) is 5.41 Å². The molecule has 0 aliphatic carbocycles. The highest BCUT2D eigenvalue weighted by molar-refractivity contribution is 7.13. The van der Waals surface area contributed by atoms with E-state index in [9.17, 15) is 34.7 Å². The van der Waals surface area contributed by atoms with Crippen LogP contribution in [0.15, 0.2) is 84.9 Å². The summed E-state index contributed by atoms with van der Waals surface area (Å²) in [6, 6.07) is 19.1. The fourth-order valence-corrected chi connectivity index (χ4v) is 12.5. The Hall–Kier alpha value is -7.32. The molecule has 6 aromatic rings. The van der Waals surface area contributed by atoms with Gasteiger partial charge in [0, 0.05) is 63.2 Å². The van der Waals surface area contributed by atoms with Crippen LogP contribution in [0.2, 0.25) is 5.02 Å². The number of nitrogens with one attached hydrogen (secondary N) is 2. The average Bonchev–Trinajstić information content (AvgIpc) is 2.20. The predicted molar refractivity (Wildman–Crippen MR) is 320 cm³/mol. The minimum absolute atomic E-state index is 0.0481. The third-order valence-corrected chi connectivity index (χ3v) is 17.0. The first-order valence-corrected chi connectivity index (χ1v) is 29.6. The molecule has 4 aromatic carbocycles. The molecule has 0 unspecified atom stereocenters. The highest BCUT2D eigenvalue weighted by Crippen LogP contribution is 2.43. The molecule has 0 spiro atoms. The quantitative estimate of drug-likeness (QED) is 0.0417. The van der Waals surface area contributed by atoms with Crippen LogP contribution in [-0.2, 0) is 28.7 Å². The zero-order chi connectivity index (χ0) is 60.0. The molecule has 444 valence electrons. The summed E-state index contributed by atoms with van der Waals surface area (Å²) in [4.78, 5) is 76.1. The number of carbonyl (C=O) groups is 4. The number of aromatic nitrogens is 3. The van der Waals surface area contributed by atoms with Crippen molar-refractivity contribution in [2.45, 2.75) is 110 Å². The number of phenolic OH excluding ortho intramolecular Hbond substituents is 1. The van der Waals surface area contributed by atoms with Crippen molar-refractivity contribution >= 4 is 74.1 Å². The van der Waals surface area contributed by atoms with E-state index in [0.29, 0.717) is 66.6 Å². The lowest BCUT2D eigenvalue weighted by molar-refractivity contribution is -0.144.